The number of benzene rings is 1. The summed E-state index contributed by atoms with van der Waals surface area (Å²) in [6, 6.07) is 7.25. The summed E-state index contributed by atoms with van der Waals surface area (Å²) < 4.78 is 15.0. The highest BCUT2D eigenvalue weighted by Gasteiger charge is 2.27. The monoisotopic (exact) mass is 483 g/mol. The number of imidazole rings is 1. The molecule has 3 amide bonds. The lowest BCUT2D eigenvalue weighted by atomic mass is 10.1. The van der Waals surface area contributed by atoms with Crippen LogP contribution in [0.15, 0.2) is 42.1 Å². The summed E-state index contributed by atoms with van der Waals surface area (Å²) in [5.41, 5.74) is 3.02. The summed E-state index contributed by atoms with van der Waals surface area (Å²) in [5, 5.41) is 7.18. The zero-order valence-electron chi connectivity index (χ0n) is 19.1. The second-order valence-electron chi connectivity index (χ2n) is 8.38. The van der Waals surface area contributed by atoms with Gasteiger partial charge in [0, 0.05) is 25.4 Å². The normalized spacial score (nSPS) is 16.2. The van der Waals surface area contributed by atoms with E-state index < -0.39 is 17.6 Å². The lowest BCUT2D eigenvalue weighted by molar-refractivity contribution is -0.129. The van der Waals surface area contributed by atoms with Crippen LogP contribution < -0.4 is 10.6 Å². The van der Waals surface area contributed by atoms with Gasteiger partial charge in [0.05, 0.1) is 27.6 Å². The number of fused-ring (bicyclic) bond motifs is 1. The summed E-state index contributed by atoms with van der Waals surface area (Å²) in [4.78, 5) is 43.3. The SMILES string of the molecule is C=C(F)C(=O)Nc1cc(C(=O)Nc2nc3cccc(C)c3n2[C@@H]2CCCCN(C(C)=O)C2)cs1. The second kappa shape index (κ2) is 9.76. The van der Waals surface area contributed by atoms with Crippen LogP contribution in [0.4, 0.5) is 15.3 Å². The molecule has 2 aromatic heterocycles. The average Bonchev–Trinajstić information content (AvgIpc) is 3.31. The number of likely N-dealkylation sites (tertiary alicyclic amines) is 1. The molecule has 1 aliphatic rings. The number of halogens is 1. The molecule has 1 fully saturated rings. The third-order valence-corrected chi connectivity index (χ3v) is 6.78. The summed E-state index contributed by atoms with van der Waals surface area (Å²) in [5.74, 6) is -2.02. The number of nitrogens with zero attached hydrogens (tertiary/aromatic N) is 3. The van der Waals surface area contributed by atoms with E-state index in [0.717, 1.165) is 47.2 Å². The number of carbonyl (C=O) groups is 3. The number of anilines is 2. The van der Waals surface area contributed by atoms with E-state index in [-0.39, 0.29) is 11.9 Å². The van der Waals surface area contributed by atoms with Gasteiger partial charge in [0.15, 0.2) is 5.83 Å². The first-order chi connectivity index (χ1) is 16.2. The van der Waals surface area contributed by atoms with E-state index in [1.807, 2.05) is 34.6 Å². The van der Waals surface area contributed by atoms with E-state index in [4.69, 9.17) is 4.98 Å². The van der Waals surface area contributed by atoms with E-state index in [0.29, 0.717) is 29.6 Å². The van der Waals surface area contributed by atoms with Crippen LogP contribution in [0.5, 0.6) is 0 Å². The molecule has 1 aromatic carbocycles. The molecule has 10 heteroatoms. The quantitative estimate of drug-likeness (QED) is 0.516. The molecule has 0 unspecified atom stereocenters. The molecule has 1 aliphatic heterocycles. The number of nitrogens with one attached hydrogen (secondary N) is 2. The Kier molecular flexibility index (Phi) is 6.78. The minimum absolute atomic E-state index is 0.0300. The predicted octanol–water partition coefficient (Wildman–Crippen LogP) is 4.65. The maximum absolute atomic E-state index is 13.1. The van der Waals surface area contributed by atoms with Crippen molar-refractivity contribution in [3.8, 4) is 0 Å². The highest BCUT2D eigenvalue weighted by Crippen LogP contribution is 2.32. The summed E-state index contributed by atoms with van der Waals surface area (Å²) in [6.45, 7) is 7.80. The maximum Gasteiger partial charge on any atom is 0.284 e. The van der Waals surface area contributed by atoms with Gasteiger partial charge >= 0.3 is 0 Å². The van der Waals surface area contributed by atoms with Gasteiger partial charge in [-0.3, -0.25) is 19.7 Å². The highest BCUT2D eigenvalue weighted by atomic mass is 32.1. The Hall–Kier alpha value is -3.53. The highest BCUT2D eigenvalue weighted by molar-refractivity contribution is 7.14. The molecule has 0 saturated carbocycles. The Morgan fingerprint density at radius 1 is 1.24 bits per heavy atom. The van der Waals surface area contributed by atoms with E-state index in [9.17, 15) is 18.8 Å². The molecule has 3 heterocycles. The van der Waals surface area contributed by atoms with Crippen molar-refractivity contribution in [1.82, 2.24) is 14.5 Å². The van der Waals surface area contributed by atoms with Crippen molar-refractivity contribution in [3.63, 3.8) is 0 Å². The number of aromatic nitrogens is 2. The standard InChI is InChI=1S/C24H26FN5O3S/c1-14-7-6-9-19-21(14)30(18-8-4-5-10-29(12-18)16(3)31)24(26-19)28-23(33)17-11-20(34-13-17)27-22(32)15(2)25/h6-7,9,11,13,18H,2,4-5,8,10,12H2,1,3H3,(H,27,32)(H,26,28,33)/t18-/m1/s1. The van der Waals surface area contributed by atoms with Crippen molar-refractivity contribution >= 4 is 51.0 Å². The van der Waals surface area contributed by atoms with E-state index in [1.54, 1.807) is 12.3 Å². The van der Waals surface area contributed by atoms with Crippen LogP contribution in [-0.2, 0) is 9.59 Å². The zero-order valence-corrected chi connectivity index (χ0v) is 19.9. The summed E-state index contributed by atoms with van der Waals surface area (Å²) >= 11 is 1.11. The average molecular weight is 484 g/mol. The third kappa shape index (κ3) is 4.86. The van der Waals surface area contributed by atoms with Crippen molar-refractivity contribution in [3.05, 3.63) is 53.2 Å². The van der Waals surface area contributed by atoms with Crippen molar-refractivity contribution in [2.24, 2.45) is 0 Å². The lowest BCUT2D eigenvalue weighted by Crippen LogP contribution is -2.34. The first kappa shape index (κ1) is 23.6. The van der Waals surface area contributed by atoms with Gasteiger partial charge in [-0.05, 0) is 43.9 Å². The van der Waals surface area contributed by atoms with Crippen LogP contribution in [0.25, 0.3) is 11.0 Å². The Bertz CT molecular complexity index is 1280. The summed E-state index contributed by atoms with van der Waals surface area (Å²) in [6.07, 6.45) is 2.74. The van der Waals surface area contributed by atoms with Crippen molar-refractivity contribution < 1.29 is 18.8 Å². The van der Waals surface area contributed by atoms with Gasteiger partial charge in [0.25, 0.3) is 11.8 Å². The molecular weight excluding hydrogens is 457 g/mol. The zero-order chi connectivity index (χ0) is 24.4. The fourth-order valence-corrected chi connectivity index (χ4v) is 5.03. The molecule has 2 N–H and O–H groups in total. The van der Waals surface area contributed by atoms with Gasteiger partial charge in [-0.1, -0.05) is 18.7 Å². The van der Waals surface area contributed by atoms with Gasteiger partial charge in [-0.2, -0.15) is 0 Å². The Balaban J connectivity index is 1.66. The number of hydrogen-bond donors (Lipinski definition) is 2. The predicted molar refractivity (Wildman–Crippen MR) is 131 cm³/mol. The minimum atomic E-state index is -1.11. The van der Waals surface area contributed by atoms with Crippen molar-refractivity contribution in [2.75, 3.05) is 23.7 Å². The van der Waals surface area contributed by atoms with Gasteiger partial charge in [0.1, 0.15) is 0 Å². The molecule has 0 spiro atoms. The van der Waals surface area contributed by atoms with E-state index >= 15 is 0 Å². The van der Waals surface area contributed by atoms with Crippen molar-refractivity contribution in [2.45, 2.75) is 39.2 Å². The molecule has 34 heavy (non-hydrogen) atoms. The van der Waals surface area contributed by atoms with Crippen LogP contribution in [0.2, 0.25) is 0 Å². The molecule has 0 aliphatic carbocycles. The number of thiophene rings is 1. The van der Waals surface area contributed by atoms with Crippen LogP contribution in [0.3, 0.4) is 0 Å². The molecule has 0 bridgehead atoms. The maximum atomic E-state index is 13.1. The molecule has 178 valence electrons. The number of aryl methyl sites for hydroxylation is 1. The topological polar surface area (TPSA) is 96.3 Å². The fourth-order valence-electron chi connectivity index (χ4n) is 4.26. The number of hydrogen-bond acceptors (Lipinski definition) is 5. The minimum Gasteiger partial charge on any atom is -0.341 e. The first-order valence-electron chi connectivity index (χ1n) is 11.0. The van der Waals surface area contributed by atoms with Crippen LogP contribution in [0, 0.1) is 6.92 Å². The number of amides is 3. The number of carbonyl (C=O) groups excluding carboxylic acids is 3. The fraction of sp³-hybridized carbons (Fsp3) is 0.333. The van der Waals surface area contributed by atoms with Crippen LogP contribution in [0.1, 0.15) is 48.1 Å². The van der Waals surface area contributed by atoms with Gasteiger partial charge < -0.3 is 14.8 Å². The van der Waals surface area contributed by atoms with Crippen LogP contribution >= 0.6 is 11.3 Å². The Morgan fingerprint density at radius 2 is 2.03 bits per heavy atom. The first-order valence-corrected chi connectivity index (χ1v) is 11.9. The number of rotatable bonds is 5. The Morgan fingerprint density at radius 3 is 2.76 bits per heavy atom. The van der Waals surface area contributed by atoms with Gasteiger partial charge in [-0.15, -0.1) is 11.3 Å². The third-order valence-electron chi connectivity index (χ3n) is 5.94. The molecule has 0 radical (unpaired) electrons. The molecule has 1 atom stereocenters. The van der Waals surface area contributed by atoms with E-state index in [1.165, 1.54) is 6.07 Å². The smallest absolute Gasteiger partial charge is 0.284 e. The van der Waals surface area contributed by atoms with Gasteiger partial charge in [-0.25, -0.2) is 9.37 Å². The molecular formula is C24H26FN5O3S. The second-order valence-corrected chi connectivity index (χ2v) is 9.29. The summed E-state index contributed by atoms with van der Waals surface area (Å²) in [7, 11) is 0. The largest absolute Gasteiger partial charge is 0.341 e. The van der Waals surface area contributed by atoms with Crippen molar-refractivity contribution in [1.29, 1.82) is 0 Å². The Labute approximate surface area is 200 Å². The molecule has 4 rings (SSSR count). The van der Waals surface area contributed by atoms with Gasteiger partial charge in [0.2, 0.25) is 11.9 Å². The molecule has 1 saturated heterocycles. The molecule has 8 nitrogen and oxygen atoms in total. The van der Waals surface area contributed by atoms with Crippen LogP contribution in [-0.4, -0.2) is 45.3 Å². The molecule has 3 aromatic rings. The number of para-hydroxylation sites is 1. The van der Waals surface area contributed by atoms with E-state index in [2.05, 4.69) is 17.2 Å². The lowest BCUT2D eigenvalue weighted by Gasteiger charge is -2.26.